The molecule has 0 fully saturated rings. The summed E-state index contributed by atoms with van der Waals surface area (Å²) in [5.41, 5.74) is 9.66. The summed E-state index contributed by atoms with van der Waals surface area (Å²) in [6.45, 7) is 0.374. The van der Waals surface area contributed by atoms with Gasteiger partial charge in [-0.25, -0.2) is 9.67 Å². The molecule has 0 bridgehead atoms. The number of nitrogen functional groups attached to an aromatic ring is 1. The van der Waals surface area contributed by atoms with Crippen LogP contribution in [0.4, 0.5) is 5.69 Å². The maximum atomic E-state index is 5.75. The highest BCUT2D eigenvalue weighted by Crippen LogP contribution is 2.20. The third-order valence-electron chi connectivity index (χ3n) is 2.70. The zero-order valence-electron chi connectivity index (χ0n) is 10.0. The fourth-order valence-electron chi connectivity index (χ4n) is 1.81. The van der Waals surface area contributed by atoms with Crippen LogP contribution in [0.2, 0.25) is 0 Å². The normalized spacial score (nSPS) is 11.0. The van der Waals surface area contributed by atoms with E-state index in [-0.39, 0.29) is 0 Å². The van der Waals surface area contributed by atoms with Crippen LogP contribution in [-0.4, -0.2) is 19.7 Å². The van der Waals surface area contributed by atoms with Gasteiger partial charge in [0.1, 0.15) is 6.73 Å². The molecule has 0 saturated carbocycles. The van der Waals surface area contributed by atoms with Crippen LogP contribution in [0.15, 0.2) is 36.8 Å². The van der Waals surface area contributed by atoms with E-state index >= 15 is 0 Å². The maximum absolute atomic E-state index is 5.75. The Hall–Kier alpha value is -2.04. The van der Waals surface area contributed by atoms with Crippen LogP contribution < -0.4 is 5.73 Å². The third kappa shape index (κ3) is 2.41. The largest absolute Gasteiger partial charge is 0.399 e. The second kappa shape index (κ2) is 4.91. The summed E-state index contributed by atoms with van der Waals surface area (Å²) in [7, 11) is 2.19. The zero-order valence-corrected chi connectivity index (χ0v) is 11.2. The van der Waals surface area contributed by atoms with Gasteiger partial charge >= 0.3 is 0 Å². The number of hydrogen-bond acceptors (Lipinski definition) is 5. The van der Waals surface area contributed by atoms with Crippen molar-refractivity contribution >= 4 is 26.2 Å². The molecule has 0 spiro atoms. The van der Waals surface area contributed by atoms with Crippen molar-refractivity contribution in [1.82, 2.24) is 19.7 Å². The lowest BCUT2D eigenvalue weighted by molar-refractivity contribution is 0.260. The van der Waals surface area contributed by atoms with E-state index in [1.807, 2.05) is 24.4 Å². The Bertz CT molecular complexity index is 727. The fourth-order valence-corrected chi connectivity index (χ4v) is 1.96. The molecule has 2 aromatic heterocycles. The molecule has 0 radical (unpaired) electrons. The second-order valence-electron chi connectivity index (χ2n) is 4.07. The third-order valence-corrected chi connectivity index (χ3v) is 2.85. The van der Waals surface area contributed by atoms with E-state index in [9.17, 15) is 0 Å². The highest BCUT2D eigenvalue weighted by atomic mass is 31.0. The molecule has 0 saturated heterocycles. The number of nitrogens with two attached hydrogens (primary N) is 1. The summed E-state index contributed by atoms with van der Waals surface area (Å²) in [5, 5.41) is 4.17. The van der Waals surface area contributed by atoms with E-state index in [4.69, 9.17) is 10.3 Å². The zero-order chi connectivity index (χ0) is 13.2. The molecule has 1 atom stereocenters. The first kappa shape index (κ1) is 12.0. The first-order valence-corrected chi connectivity index (χ1v) is 6.10. The molecule has 96 valence electrons. The molecule has 1 aromatic carbocycles. The molecule has 3 rings (SSSR count). The van der Waals surface area contributed by atoms with Crippen LogP contribution in [0, 0.1) is 0 Å². The highest BCUT2D eigenvalue weighted by molar-refractivity contribution is 7.09. The summed E-state index contributed by atoms with van der Waals surface area (Å²) < 4.78 is 6.60. The van der Waals surface area contributed by atoms with Crippen molar-refractivity contribution in [3.05, 3.63) is 36.8 Å². The van der Waals surface area contributed by atoms with Gasteiger partial charge < -0.3 is 10.3 Å². The van der Waals surface area contributed by atoms with E-state index in [1.165, 1.54) is 0 Å². The smallest absolute Gasteiger partial charge is 0.142 e. The first-order valence-electron chi connectivity index (χ1n) is 5.63. The topological polar surface area (TPSA) is 78.8 Å². The van der Waals surface area contributed by atoms with Gasteiger partial charge in [-0.2, -0.15) is 5.10 Å². The number of hydrogen-bond donors (Lipinski definition) is 1. The van der Waals surface area contributed by atoms with Crippen LogP contribution in [-0.2, 0) is 11.3 Å². The van der Waals surface area contributed by atoms with E-state index < -0.39 is 0 Å². The molecular weight excluding hydrogens is 261 g/mol. The average molecular weight is 273 g/mol. The van der Waals surface area contributed by atoms with E-state index in [0.717, 1.165) is 22.3 Å². The molecule has 1 unspecified atom stereocenters. The quantitative estimate of drug-likeness (QED) is 0.582. The SMILES string of the molecule is Nc1ccc2ncc(-c3cnn(COP)c3)nc2c1. The lowest BCUT2D eigenvalue weighted by Crippen LogP contribution is -1.96. The molecule has 0 amide bonds. The summed E-state index contributed by atoms with van der Waals surface area (Å²) in [6, 6.07) is 5.47. The second-order valence-corrected chi connectivity index (χ2v) is 4.40. The standard InChI is InChI=1S/C12H12N5OP/c13-9-1-2-10-11(3-9)16-12(5-14-10)8-4-15-17(6-8)7-18-19/h1-6H,7,13,19H2. The Morgan fingerprint density at radius 3 is 3.00 bits per heavy atom. The van der Waals surface area contributed by atoms with Gasteiger partial charge in [-0.1, -0.05) is 0 Å². The van der Waals surface area contributed by atoms with Gasteiger partial charge in [-0.05, 0) is 18.2 Å². The van der Waals surface area contributed by atoms with Crippen molar-refractivity contribution in [2.75, 3.05) is 5.73 Å². The van der Waals surface area contributed by atoms with Crippen molar-refractivity contribution in [1.29, 1.82) is 0 Å². The number of rotatable bonds is 3. The van der Waals surface area contributed by atoms with Crippen LogP contribution in [0.1, 0.15) is 0 Å². The summed E-state index contributed by atoms with van der Waals surface area (Å²) in [6.07, 6.45) is 5.31. The minimum absolute atomic E-state index is 0.374. The predicted molar refractivity (Wildman–Crippen MR) is 76.0 cm³/mol. The Morgan fingerprint density at radius 1 is 1.26 bits per heavy atom. The molecular formula is C12H12N5OP. The summed E-state index contributed by atoms with van der Waals surface area (Å²) in [5.74, 6) is 0. The summed E-state index contributed by atoms with van der Waals surface area (Å²) in [4.78, 5) is 8.90. The number of anilines is 1. The number of fused-ring (bicyclic) bond motifs is 1. The number of nitrogens with zero attached hydrogens (tertiary/aromatic N) is 4. The highest BCUT2D eigenvalue weighted by Gasteiger charge is 2.05. The van der Waals surface area contributed by atoms with Crippen molar-refractivity contribution in [2.45, 2.75) is 6.73 Å². The van der Waals surface area contributed by atoms with E-state index in [0.29, 0.717) is 12.4 Å². The molecule has 0 aliphatic carbocycles. The molecule has 19 heavy (non-hydrogen) atoms. The lowest BCUT2D eigenvalue weighted by Gasteiger charge is -2.01. The van der Waals surface area contributed by atoms with E-state index in [2.05, 4.69) is 24.5 Å². The van der Waals surface area contributed by atoms with Gasteiger partial charge in [-0.3, -0.25) is 4.98 Å². The van der Waals surface area contributed by atoms with Crippen molar-refractivity contribution in [2.24, 2.45) is 0 Å². The number of aromatic nitrogens is 4. The minimum atomic E-state index is 0.374. The van der Waals surface area contributed by atoms with Crippen LogP contribution in [0.25, 0.3) is 22.3 Å². The predicted octanol–water partition coefficient (Wildman–Crippen LogP) is 1.84. The Balaban J connectivity index is 2.03. The van der Waals surface area contributed by atoms with Gasteiger partial charge in [0.25, 0.3) is 0 Å². The molecule has 2 N–H and O–H groups in total. The number of benzene rings is 1. The van der Waals surface area contributed by atoms with E-state index in [1.54, 1.807) is 17.1 Å². The van der Waals surface area contributed by atoms with Crippen molar-refractivity contribution in [3.8, 4) is 11.3 Å². The summed E-state index contributed by atoms with van der Waals surface area (Å²) >= 11 is 0. The van der Waals surface area contributed by atoms with Gasteiger partial charge in [0.15, 0.2) is 0 Å². The van der Waals surface area contributed by atoms with Crippen molar-refractivity contribution < 1.29 is 4.52 Å². The first-order chi connectivity index (χ1) is 9.26. The van der Waals surface area contributed by atoms with Crippen LogP contribution in [0.3, 0.4) is 0 Å². The van der Waals surface area contributed by atoms with Crippen molar-refractivity contribution in [3.63, 3.8) is 0 Å². The van der Waals surface area contributed by atoms with Gasteiger partial charge in [0, 0.05) is 26.9 Å². The maximum Gasteiger partial charge on any atom is 0.142 e. The minimum Gasteiger partial charge on any atom is -0.399 e. The van der Waals surface area contributed by atoms with Gasteiger partial charge in [-0.15, -0.1) is 0 Å². The Morgan fingerprint density at radius 2 is 2.16 bits per heavy atom. The fraction of sp³-hybridized carbons (Fsp3) is 0.0833. The Kier molecular flexibility index (Phi) is 3.11. The lowest BCUT2D eigenvalue weighted by atomic mass is 10.2. The molecule has 6 nitrogen and oxygen atoms in total. The van der Waals surface area contributed by atoms with Crippen LogP contribution in [0.5, 0.6) is 0 Å². The Labute approximate surface area is 111 Å². The molecule has 2 heterocycles. The molecule has 3 aromatic rings. The van der Waals surface area contributed by atoms with Gasteiger partial charge in [0.2, 0.25) is 0 Å². The molecule has 0 aliphatic rings. The average Bonchev–Trinajstić information content (AvgIpc) is 2.87. The molecule has 7 heteroatoms. The van der Waals surface area contributed by atoms with Gasteiger partial charge in [0.05, 0.1) is 29.1 Å². The molecule has 0 aliphatic heterocycles. The van der Waals surface area contributed by atoms with Crippen LogP contribution >= 0.6 is 9.47 Å². The monoisotopic (exact) mass is 273 g/mol.